The summed E-state index contributed by atoms with van der Waals surface area (Å²) in [5, 5.41) is 0. The molecule has 0 bridgehead atoms. The Morgan fingerprint density at radius 1 is 1.35 bits per heavy atom. The third-order valence-corrected chi connectivity index (χ3v) is 3.66. The highest BCUT2D eigenvalue weighted by Crippen LogP contribution is 2.26. The van der Waals surface area contributed by atoms with E-state index in [2.05, 4.69) is 26.3 Å². The fourth-order valence-corrected chi connectivity index (χ4v) is 2.37. The number of hydrazine groups is 1. The van der Waals surface area contributed by atoms with Gasteiger partial charge in [-0.1, -0.05) is 6.07 Å². The Morgan fingerprint density at radius 3 is 2.75 bits per heavy atom. The summed E-state index contributed by atoms with van der Waals surface area (Å²) in [6, 6.07) is 4.03. The summed E-state index contributed by atoms with van der Waals surface area (Å²) in [5.41, 5.74) is 4.31. The molecular formula is C14H14BrF2N3. The van der Waals surface area contributed by atoms with Crippen molar-refractivity contribution in [2.75, 3.05) is 0 Å². The summed E-state index contributed by atoms with van der Waals surface area (Å²) in [6.45, 7) is 1.89. The molecule has 0 aliphatic heterocycles. The van der Waals surface area contributed by atoms with Crippen molar-refractivity contribution in [3.63, 3.8) is 0 Å². The molecule has 20 heavy (non-hydrogen) atoms. The number of hydrogen-bond donors (Lipinski definition) is 2. The van der Waals surface area contributed by atoms with Gasteiger partial charge in [0.2, 0.25) is 0 Å². The second kappa shape index (κ2) is 6.39. The van der Waals surface area contributed by atoms with Gasteiger partial charge in [-0.3, -0.25) is 16.3 Å². The van der Waals surface area contributed by atoms with Crippen LogP contribution in [-0.4, -0.2) is 4.98 Å². The molecule has 1 atom stereocenters. The topological polar surface area (TPSA) is 50.9 Å². The van der Waals surface area contributed by atoms with Gasteiger partial charge in [-0.2, -0.15) is 0 Å². The van der Waals surface area contributed by atoms with E-state index in [1.807, 2.05) is 13.0 Å². The van der Waals surface area contributed by atoms with E-state index in [1.54, 1.807) is 12.4 Å². The first-order valence-corrected chi connectivity index (χ1v) is 6.82. The SMILES string of the molecule is Cc1cncc(C(Cc2c(F)ccc(Br)c2F)NN)c1. The highest BCUT2D eigenvalue weighted by molar-refractivity contribution is 9.10. The van der Waals surface area contributed by atoms with Gasteiger partial charge in [0.1, 0.15) is 11.6 Å². The minimum atomic E-state index is -0.606. The zero-order valence-electron chi connectivity index (χ0n) is 10.8. The lowest BCUT2D eigenvalue weighted by atomic mass is 9.99. The second-order valence-corrected chi connectivity index (χ2v) is 5.40. The Kier molecular flexibility index (Phi) is 4.80. The monoisotopic (exact) mass is 341 g/mol. The quantitative estimate of drug-likeness (QED) is 0.510. The minimum absolute atomic E-state index is 0.0103. The molecule has 0 fully saturated rings. The fourth-order valence-electron chi connectivity index (χ4n) is 2.00. The van der Waals surface area contributed by atoms with Gasteiger partial charge in [-0.15, -0.1) is 0 Å². The predicted molar refractivity (Wildman–Crippen MR) is 76.8 cm³/mol. The van der Waals surface area contributed by atoms with E-state index in [1.165, 1.54) is 12.1 Å². The molecule has 0 saturated heterocycles. The number of pyridine rings is 1. The maximum absolute atomic E-state index is 14.0. The van der Waals surface area contributed by atoms with Crippen LogP contribution in [0, 0.1) is 18.6 Å². The molecule has 3 N–H and O–H groups in total. The largest absolute Gasteiger partial charge is 0.271 e. The van der Waals surface area contributed by atoms with Crippen molar-refractivity contribution in [2.24, 2.45) is 5.84 Å². The summed E-state index contributed by atoms with van der Waals surface area (Å²) in [6.07, 6.45) is 3.43. The van der Waals surface area contributed by atoms with Gasteiger partial charge >= 0.3 is 0 Å². The van der Waals surface area contributed by atoms with E-state index in [4.69, 9.17) is 5.84 Å². The molecule has 1 aromatic heterocycles. The highest BCUT2D eigenvalue weighted by Gasteiger charge is 2.18. The Labute approximate surface area is 124 Å². The molecule has 6 heteroatoms. The number of nitrogens with two attached hydrogens (primary N) is 1. The van der Waals surface area contributed by atoms with Crippen LogP contribution in [0.2, 0.25) is 0 Å². The maximum Gasteiger partial charge on any atom is 0.143 e. The number of halogens is 3. The third kappa shape index (κ3) is 3.20. The van der Waals surface area contributed by atoms with Gasteiger partial charge in [-0.05, 0) is 52.5 Å². The van der Waals surface area contributed by atoms with Crippen molar-refractivity contribution < 1.29 is 8.78 Å². The molecule has 1 unspecified atom stereocenters. The second-order valence-electron chi connectivity index (χ2n) is 4.54. The summed E-state index contributed by atoms with van der Waals surface area (Å²) in [4.78, 5) is 4.06. The average molecular weight is 342 g/mol. The van der Waals surface area contributed by atoms with Gasteiger partial charge < -0.3 is 0 Å². The first-order valence-electron chi connectivity index (χ1n) is 6.03. The van der Waals surface area contributed by atoms with Gasteiger partial charge in [0.15, 0.2) is 0 Å². The van der Waals surface area contributed by atoms with Crippen molar-refractivity contribution in [3.8, 4) is 0 Å². The van der Waals surface area contributed by atoms with Crippen molar-refractivity contribution in [3.05, 3.63) is 63.4 Å². The molecule has 0 amide bonds. The Bertz CT molecular complexity index is 619. The average Bonchev–Trinajstić information content (AvgIpc) is 2.43. The van der Waals surface area contributed by atoms with E-state index in [0.29, 0.717) is 0 Å². The summed E-state index contributed by atoms with van der Waals surface area (Å²) < 4.78 is 28.0. The van der Waals surface area contributed by atoms with Crippen LogP contribution in [0.25, 0.3) is 0 Å². The number of rotatable bonds is 4. The molecule has 0 aliphatic rings. The number of aromatic nitrogens is 1. The van der Waals surface area contributed by atoms with E-state index < -0.39 is 17.7 Å². The minimum Gasteiger partial charge on any atom is -0.271 e. The molecule has 0 radical (unpaired) electrons. The van der Waals surface area contributed by atoms with E-state index >= 15 is 0 Å². The molecule has 2 rings (SSSR count). The number of hydrogen-bond acceptors (Lipinski definition) is 3. The molecule has 0 saturated carbocycles. The van der Waals surface area contributed by atoms with Gasteiger partial charge in [0, 0.05) is 18.0 Å². The third-order valence-electron chi connectivity index (χ3n) is 3.05. The molecule has 1 heterocycles. The summed E-state index contributed by atoms with van der Waals surface area (Å²) in [5.74, 6) is 4.31. The van der Waals surface area contributed by atoms with Crippen molar-refractivity contribution in [2.45, 2.75) is 19.4 Å². The number of nitrogens with one attached hydrogen (secondary N) is 1. The zero-order chi connectivity index (χ0) is 14.7. The molecule has 3 nitrogen and oxygen atoms in total. The van der Waals surface area contributed by atoms with Gasteiger partial charge in [-0.25, -0.2) is 8.78 Å². The van der Waals surface area contributed by atoms with E-state index in [9.17, 15) is 8.78 Å². The van der Waals surface area contributed by atoms with Crippen molar-refractivity contribution in [1.82, 2.24) is 10.4 Å². The maximum atomic E-state index is 14.0. The normalized spacial score (nSPS) is 12.4. The molecule has 0 spiro atoms. The Hall–Kier alpha value is -1.37. The molecular weight excluding hydrogens is 328 g/mol. The molecule has 2 aromatic rings. The van der Waals surface area contributed by atoms with Crippen LogP contribution >= 0.6 is 15.9 Å². The lowest BCUT2D eigenvalue weighted by Gasteiger charge is -2.17. The number of benzene rings is 1. The zero-order valence-corrected chi connectivity index (χ0v) is 12.4. The van der Waals surface area contributed by atoms with Crippen LogP contribution in [-0.2, 0) is 6.42 Å². The smallest absolute Gasteiger partial charge is 0.143 e. The molecule has 1 aromatic carbocycles. The van der Waals surface area contributed by atoms with Crippen LogP contribution in [0.15, 0.2) is 35.1 Å². The van der Waals surface area contributed by atoms with Crippen LogP contribution in [0.3, 0.4) is 0 Å². The Balaban J connectivity index is 2.34. The number of aryl methyl sites for hydroxylation is 1. The van der Waals surface area contributed by atoms with Crippen LogP contribution < -0.4 is 11.3 Å². The van der Waals surface area contributed by atoms with Gasteiger partial charge in [0.25, 0.3) is 0 Å². The van der Waals surface area contributed by atoms with Crippen molar-refractivity contribution in [1.29, 1.82) is 0 Å². The van der Waals surface area contributed by atoms with Gasteiger partial charge in [0.05, 0.1) is 10.5 Å². The van der Waals surface area contributed by atoms with Crippen LogP contribution in [0.4, 0.5) is 8.78 Å². The lowest BCUT2D eigenvalue weighted by molar-refractivity contribution is 0.497. The molecule has 106 valence electrons. The standard InChI is InChI=1S/C14H14BrF2N3/c1-8-4-9(7-19-6-8)13(20-18)5-10-12(16)3-2-11(15)14(10)17/h2-4,6-7,13,20H,5,18H2,1H3. The predicted octanol–water partition coefficient (Wildman–Crippen LogP) is 3.18. The van der Waals surface area contributed by atoms with Crippen molar-refractivity contribution >= 4 is 15.9 Å². The molecule has 0 aliphatic carbocycles. The first kappa shape index (κ1) is 15.0. The Morgan fingerprint density at radius 2 is 2.10 bits per heavy atom. The fraction of sp³-hybridized carbons (Fsp3) is 0.214. The first-order chi connectivity index (χ1) is 9.52. The highest BCUT2D eigenvalue weighted by atomic mass is 79.9. The summed E-state index contributed by atoms with van der Waals surface area (Å²) >= 11 is 3.05. The number of nitrogens with zero attached hydrogens (tertiary/aromatic N) is 1. The van der Waals surface area contributed by atoms with E-state index in [0.717, 1.165) is 11.1 Å². The lowest BCUT2D eigenvalue weighted by Crippen LogP contribution is -2.30. The van der Waals surface area contributed by atoms with Crippen LogP contribution in [0.5, 0.6) is 0 Å². The van der Waals surface area contributed by atoms with Crippen LogP contribution in [0.1, 0.15) is 22.7 Å². The van der Waals surface area contributed by atoms with E-state index in [-0.39, 0.29) is 16.5 Å². The summed E-state index contributed by atoms with van der Waals surface area (Å²) in [7, 11) is 0.